The maximum Gasteiger partial charge on any atom is 0.120 e. The summed E-state index contributed by atoms with van der Waals surface area (Å²) in [5.41, 5.74) is 6.09. The van der Waals surface area contributed by atoms with E-state index in [2.05, 4.69) is 0 Å². The molecule has 102 valence electrons. The summed E-state index contributed by atoms with van der Waals surface area (Å²) in [5.74, 6) is 1.18. The molecule has 0 amide bonds. The molecule has 1 rings (SSSR count). The molecule has 0 aromatic heterocycles. The molecule has 0 saturated heterocycles. The molecule has 0 radical (unpaired) electrons. The molecule has 18 heavy (non-hydrogen) atoms. The Morgan fingerprint density at radius 1 is 1.33 bits per heavy atom. The molecular weight excluding hydrogens is 250 g/mol. The van der Waals surface area contributed by atoms with Gasteiger partial charge in [0.05, 0.1) is 28.4 Å². The van der Waals surface area contributed by atoms with Gasteiger partial charge in [-0.3, -0.25) is 4.21 Å². The van der Waals surface area contributed by atoms with Gasteiger partial charge < -0.3 is 15.2 Å². The van der Waals surface area contributed by atoms with Gasteiger partial charge in [0.15, 0.2) is 0 Å². The summed E-state index contributed by atoms with van der Waals surface area (Å²) in [6.07, 6.45) is 0.701. The van der Waals surface area contributed by atoms with E-state index in [1.807, 2.05) is 13.8 Å². The van der Waals surface area contributed by atoms with Crippen molar-refractivity contribution >= 4 is 16.5 Å². The summed E-state index contributed by atoms with van der Waals surface area (Å²) in [7, 11) is 2.09. The Hall–Kier alpha value is -1.07. The van der Waals surface area contributed by atoms with E-state index >= 15 is 0 Å². The number of methoxy groups -OCH3 is 2. The Labute approximate surface area is 111 Å². The van der Waals surface area contributed by atoms with Crippen molar-refractivity contribution in [2.24, 2.45) is 0 Å². The fraction of sp³-hybridized carbons (Fsp3) is 0.538. The van der Waals surface area contributed by atoms with Crippen molar-refractivity contribution < 1.29 is 13.7 Å². The normalized spacial score (nSPS) is 13.3. The maximum atomic E-state index is 12.2. The Kier molecular flexibility index (Phi) is 5.16. The molecule has 0 fully saturated rings. The SMILES string of the molecule is COc1ccc(N)c(S(=O)CCC(C)(C)OC)c1. The largest absolute Gasteiger partial charge is 0.497 e. The summed E-state index contributed by atoms with van der Waals surface area (Å²) in [6.45, 7) is 3.94. The van der Waals surface area contributed by atoms with E-state index in [1.165, 1.54) is 0 Å². The van der Waals surface area contributed by atoms with Crippen LogP contribution in [0.4, 0.5) is 5.69 Å². The summed E-state index contributed by atoms with van der Waals surface area (Å²) in [6, 6.07) is 5.20. The number of ether oxygens (including phenoxy) is 2. The monoisotopic (exact) mass is 271 g/mol. The van der Waals surface area contributed by atoms with Crippen LogP contribution in [-0.2, 0) is 15.5 Å². The van der Waals surface area contributed by atoms with E-state index in [4.69, 9.17) is 15.2 Å². The highest BCUT2D eigenvalue weighted by atomic mass is 32.2. The van der Waals surface area contributed by atoms with Crippen LogP contribution in [0.2, 0.25) is 0 Å². The molecular formula is C13H21NO3S. The van der Waals surface area contributed by atoms with Gasteiger partial charge in [0.25, 0.3) is 0 Å². The average Bonchev–Trinajstić information content (AvgIpc) is 2.36. The Morgan fingerprint density at radius 3 is 2.56 bits per heavy atom. The smallest absolute Gasteiger partial charge is 0.120 e. The van der Waals surface area contributed by atoms with Gasteiger partial charge in [0.2, 0.25) is 0 Å². The minimum absolute atomic E-state index is 0.275. The van der Waals surface area contributed by atoms with Crippen LogP contribution in [0.3, 0.4) is 0 Å². The second kappa shape index (κ2) is 6.20. The lowest BCUT2D eigenvalue weighted by atomic mass is 10.1. The molecule has 0 heterocycles. The van der Waals surface area contributed by atoms with Crippen molar-refractivity contribution in [3.8, 4) is 5.75 Å². The van der Waals surface area contributed by atoms with Gasteiger partial charge in [0.1, 0.15) is 5.75 Å². The van der Waals surface area contributed by atoms with Crippen molar-refractivity contribution in [1.29, 1.82) is 0 Å². The van der Waals surface area contributed by atoms with Crippen LogP contribution in [0.25, 0.3) is 0 Å². The maximum absolute atomic E-state index is 12.2. The number of nitrogen functional groups attached to an aromatic ring is 1. The van der Waals surface area contributed by atoms with Crippen molar-refractivity contribution in [2.75, 3.05) is 25.7 Å². The topological polar surface area (TPSA) is 61.5 Å². The average molecular weight is 271 g/mol. The van der Waals surface area contributed by atoms with Crippen LogP contribution >= 0.6 is 0 Å². The molecule has 0 spiro atoms. The number of nitrogens with two attached hydrogens (primary N) is 1. The van der Waals surface area contributed by atoms with Crippen molar-refractivity contribution in [3.63, 3.8) is 0 Å². The first kappa shape index (κ1) is 15.0. The quantitative estimate of drug-likeness (QED) is 0.806. The fourth-order valence-corrected chi connectivity index (χ4v) is 2.86. The third kappa shape index (κ3) is 3.99. The number of hydrogen-bond donors (Lipinski definition) is 1. The van der Waals surface area contributed by atoms with Gasteiger partial charge in [0, 0.05) is 18.6 Å². The second-order valence-electron chi connectivity index (χ2n) is 4.67. The molecule has 2 N–H and O–H groups in total. The molecule has 0 bridgehead atoms. The molecule has 0 aliphatic rings. The fourth-order valence-electron chi connectivity index (χ4n) is 1.39. The van der Waals surface area contributed by atoms with Crippen LogP contribution in [-0.4, -0.2) is 29.8 Å². The second-order valence-corrected chi connectivity index (χ2v) is 6.21. The molecule has 5 heteroatoms. The molecule has 0 saturated carbocycles. The minimum atomic E-state index is -1.14. The van der Waals surface area contributed by atoms with Crippen LogP contribution < -0.4 is 10.5 Å². The van der Waals surface area contributed by atoms with E-state index in [1.54, 1.807) is 32.4 Å². The Bertz CT molecular complexity index is 432. The molecule has 4 nitrogen and oxygen atoms in total. The lowest BCUT2D eigenvalue weighted by Gasteiger charge is -2.22. The molecule has 0 aliphatic carbocycles. The van der Waals surface area contributed by atoms with Gasteiger partial charge in [-0.25, -0.2) is 0 Å². The van der Waals surface area contributed by atoms with Crippen molar-refractivity contribution in [3.05, 3.63) is 18.2 Å². The van der Waals surface area contributed by atoms with E-state index in [-0.39, 0.29) is 5.60 Å². The van der Waals surface area contributed by atoms with Crippen LogP contribution in [0.15, 0.2) is 23.1 Å². The Morgan fingerprint density at radius 2 is 2.00 bits per heavy atom. The van der Waals surface area contributed by atoms with Gasteiger partial charge >= 0.3 is 0 Å². The predicted octanol–water partition coefficient (Wildman–Crippen LogP) is 2.20. The highest BCUT2D eigenvalue weighted by molar-refractivity contribution is 7.85. The minimum Gasteiger partial charge on any atom is -0.497 e. The van der Waals surface area contributed by atoms with Gasteiger partial charge in [-0.15, -0.1) is 0 Å². The van der Waals surface area contributed by atoms with Gasteiger partial charge in [-0.1, -0.05) is 0 Å². The van der Waals surface area contributed by atoms with Gasteiger partial charge in [-0.2, -0.15) is 0 Å². The summed E-state index contributed by atoms with van der Waals surface area (Å²) >= 11 is 0. The molecule has 1 aromatic carbocycles. The number of rotatable bonds is 6. The molecule has 1 unspecified atom stereocenters. The van der Waals surface area contributed by atoms with Crippen molar-refractivity contribution in [1.82, 2.24) is 0 Å². The van der Waals surface area contributed by atoms with Crippen molar-refractivity contribution in [2.45, 2.75) is 30.8 Å². The highest BCUT2D eigenvalue weighted by Gasteiger charge is 2.19. The predicted molar refractivity (Wildman–Crippen MR) is 74.4 cm³/mol. The third-order valence-corrected chi connectivity index (χ3v) is 4.33. The van der Waals surface area contributed by atoms with Crippen LogP contribution in [0.1, 0.15) is 20.3 Å². The summed E-state index contributed by atoms with van der Waals surface area (Å²) in [5, 5.41) is 0. The van der Waals surface area contributed by atoms with E-state index in [0.29, 0.717) is 28.5 Å². The van der Waals surface area contributed by atoms with Gasteiger partial charge in [-0.05, 0) is 38.5 Å². The lowest BCUT2D eigenvalue weighted by Crippen LogP contribution is -2.25. The summed E-state index contributed by atoms with van der Waals surface area (Å²) in [4.78, 5) is 0.626. The zero-order valence-electron chi connectivity index (χ0n) is 11.4. The van der Waals surface area contributed by atoms with E-state index < -0.39 is 10.8 Å². The standard InChI is InChI=1S/C13H21NO3S/c1-13(2,17-4)7-8-18(15)12-9-10(16-3)5-6-11(12)14/h5-6,9H,7-8,14H2,1-4H3. The van der Waals surface area contributed by atoms with Crippen LogP contribution in [0, 0.1) is 0 Å². The zero-order valence-corrected chi connectivity index (χ0v) is 12.2. The first-order chi connectivity index (χ1) is 8.39. The molecule has 1 atom stereocenters. The number of anilines is 1. The zero-order chi connectivity index (χ0) is 13.8. The van der Waals surface area contributed by atoms with E-state index in [0.717, 1.165) is 0 Å². The third-order valence-electron chi connectivity index (χ3n) is 2.91. The first-order valence-electron chi connectivity index (χ1n) is 5.76. The summed E-state index contributed by atoms with van der Waals surface area (Å²) < 4.78 is 22.6. The highest BCUT2D eigenvalue weighted by Crippen LogP contribution is 2.24. The lowest BCUT2D eigenvalue weighted by molar-refractivity contribution is 0.0205. The van der Waals surface area contributed by atoms with Crippen LogP contribution in [0.5, 0.6) is 5.75 Å². The molecule has 1 aromatic rings. The Balaban J connectivity index is 2.78. The number of hydrogen-bond acceptors (Lipinski definition) is 4. The first-order valence-corrected chi connectivity index (χ1v) is 7.08. The number of benzene rings is 1. The van der Waals surface area contributed by atoms with E-state index in [9.17, 15) is 4.21 Å². The molecule has 0 aliphatic heterocycles.